The van der Waals surface area contributed by atoms with Crippen LogP contribution >= 0.6 is 11.6 Å². The summed E-state index contributed by atoms with van der Waals surface area (Å²) in [4.78, 5) is 23.8. The van der Waals surface area contributed by atoms with Crippen molar-refractivity contribution >= 4 is 23.4 Å². The Morgan fingerprint density at radius 3 is 2.62 bits per heavy atom. The number of hydrogen-bond donors (Lipinski definition) is 1. The van der Waals surface area contributed by atoms with E-state index in [4.69, 9.17) is 17.3 Å². The number of nitrogens with two attached hydrogens (primary N) is 1. The van der Waals surface area contributed by atoms with E-state index in [1.807, 2.05) is 6.92 Å². The summed E-state index contributed by atoms with van der Waals surface area (Å²) < 4.78 is 0. The van der Waals surface area contributed by atoms with Gasteiger partial charge in [0.25, 0.3) is 0 Å². The van der Waals surface area contributed by atoms with Gasteiger partial charge in [-0.1, -0.05) is 0 Å². The van der Waals surface area contributed by atoms with Crippen molar-refractivity contribution in [2.45, 2.75) is 31.8 Å². The molecule has 0 saturated carbocycles. The van der Waals surface area contributed by atoms with Crippen LogP contribution < -0.4 is 5.73 Å². The number of halogens is 1. The van der Waals surface area contributed by atoms with Crippen LogP contribution in [0, 0.1) is 0 Å². The highest BCUT2D eigenvalue weighted by atomic mass is 35.5. The molecule has 2 unspecified atom stereocenters. The minimum atomic E-state index is -0.457. The second-order valence-corrected chi connectivity index (χ2v) is 3.55. The van der Waals surface area contributed by atoms with E-state index in [1.54, 1.807) is 0 Å². The molecule has 2 atom stereocenters. The fourth-order valence-electron chi connectivity index (χ4n) is 1.75. The number of carbonyl (C=O) groups is 2. The highest BCUT2D eigenvalue weighted by Crippen LogP contribution is 2.23. The normalized spacial score (nSPS) is 27.7. The minimum Gasteiger partial charge on any atom is -0.368 e. The number of carbonyl (C=O) groups excluding carboxylic acids is 2. The Labute approximate surface area is 82.0 Å². The second kappa shape index (κ2) is 3.96. The summed E-state index contributed by atoms with van der Waals surface area (Å²) in [6.07, 6.45) is 1.47. The van der Waals surface area contributed by atoms with Gasteiger partial charge >= 0.3 is 0 Å². The molecule has 0 bridgehead atoms. The number of likely N-dealkylation sites (tertiary alicyclic amines) is 1. The van der Waals surface area contributed by atoms with Gasteiger partial charge in [-0.15, -0.1) is 11.6 Å². The third-order valence-electron chi connectivity index (χ3n) is 2.40. The van der Waals surface area contributed by atoms with Crippen LogP contribution in [0.5, 0.6) is 0 Å². The third-order valence-corrected chi connectivity index (χ3v) is 2.63. The molecular weight excluding hydrogens is 192 g/mol. The maximum absolute atomic E-state index is 11.3. The van der Waals surface area contributed by atoms with Crippen molar-refractivity contribution in [1.82, 2.24) is 4.90 Å². The van der Waals surface area contributed by atoms with Crippen molar-refractivity contribution in [2.75, 3.05) is 5.88 Å². The molecule has 4 nitrogen and oxygen atoms in total. The molecule has 13 heavy (non-hydrogen) atoms. The first-order valence-electron chi connectivity index (χ1n) is 4.24. The van der Waals surface area contributed by atoms with E-state index in [0.717, 1.165) is 6.42 Å². The molecule has 74 valence electrons. The maximum atomic E-state index is 11.3. The summed E-state index contributed by atoms with van der Waals surface area (Å²) in [7, 11) is 0. The molecule has 1 aliphatic heterocycles. The minimum absolute atomic E-state index is 0.0729. The predicted octanol–water partition coefficient (Wildman–Crippen LogP) is 0.0900. The highest BCUT2D eigenvalue weighted by molar-refractivity contribution is 6.27. The lowest BCUT2D eigenvalue weighted by molar-refractivity contribution is -0.136. The summed E-state index contributed by atoms with van der Waals surface area (Å²) in [6, 6.07) is -0.384. The molecule has 2 N–H and O–H groups in total. The fourth-order valence-corrected chi connectivity index (χ4v) is 1.89. The van der Waals surface area contributed by atoms with Crippen molar-refractivity contribution in [1.29, 1.82) is 0 Å². The SMILES string of the molecule is CC1CCC(C(N)=O)N1C(=O)CCl. The van der Waals surface area contributed by atoms with E-state index >= 15 is 0 Å². The summed E-state index contributed by atoms with van der Waals surface area (Å²) in [5.74, 6) is -0.744. The average molecular weight is 205 g/mol. The Bertz CT molecular complexity index is 232. The van der Waals surface area contributed by atoms with Crippen molar-refractivity contribution in [3.63, 3.8) is 0 Å². The number of nitrogens with zero attached hydrogens (tertiary/aromatic N) is 1. The second-order valence-electron chi connectivity index (χ2n) is 3.28. The van der Waals surface area contributed by atoms with Crippen LogP contribution in [-0.2, 0) is 9.59 Å². The van der Waals surface area contributed by atoms with Crippen molar-refractivity contribution in [3.8, 4) is 0 Å². The molecule has 0 aliphatic carbocycles. The summed E-state index contributed by atoms with van der Waals surface area (Å²) in [6.45, 7) is 1.90. The monoisotopic (exact) mass is 204 g/mol. The molecule has 1 aliphatic rings. The number of primary amides is 1. The lowest BCUT2D eigenvalue weighted by Gasteiger charge is -2.25. The molecule has 0 aromatic rings. The van der Waals surface area contributed by atoms with Crippen LogP contribution in [0.15, 0.2) is 0 Å². The van der Waals surface area contributed by atoms with Crippen molar-refractivity contribution in [2.24, 2.45) is 5.73 Å². The van der Waals surface area contributed by atoms with Gasteiger partial charge < -0.3 is 10.6 Å². The van der Waals surface area contributed by atoms with Gasteiger partial charge in [0.05, 0.1) is 0 Å². The van der Waals surface area contributed by atoms with Gasteiger partial charge in [-0.05, 0) is 19.8 Å². The molecule has 2 amide bonds. The van der Waals surface area contributed by atoms with Gasteiger partial charge in [-0.25, -0.2) is 0 Å². The largest absolute Gasteiger partial charge is 0.368 e. The zero-order chi connectivity index (χ0) is 10.0. The van der Waals surface area contributed by atoms with Gasteiger partial charge in [0.2, 0.25) is 11.8 Å². The lowest BCUT2D eigenvalue weighted by Crippen LogP contribution is -2.47. The number of hydrogen-bond acceptors (Lipinski definition) is 2. The van der Waals surface area contributed by atoms with E-state index in [-0.39, 0.29) is 17.8 Å². The Balaban J connectivity index is 2.76. The van der Waals surface area contributed by atoms with Crippen LogP contribution in [0.1, 0.15) is 19.8 Å². The Hall–Kier alpha value is -0.770. The smallest absolute Gasteiger partial charge is 0.240 e. The summed E-state index contributed by atoms with van der Waals surface area (Å²) in [5, 5.41) is 0. The standard InChI is InChI=1S/C8H13ClN2O2/c1-5-2-3-6(8(10)13)11(5)7(12)4-9/h5-6H,2-4H2,1H3,(H2,10,13). The van der Waals surface area contributed by atoms with E-state index in [2.05, 4.69) is 0 Å². The quantitative estimate of drug-likeness (QED) is 0.648. The molecule has 0 aromatic heterocycles. The number of rotatable bonds is 2. The fraction of sp³-hybridized carbons (Fsp3) is 0.750. The van der Waals surface area contributed by atoms with E-state index in [9.17, 15) is 9.59 Å². The van der Waals surface area contributed by atoms with Crippen molar-refractivity contribution < 1.29 is 9.59 Å². The van der Waals surface area contributed by atoms with Gasteiger partial charge in [-0.3, -0.25) is 9.59 Å². The first-order chi connectivity index (χ1) is 6.07. The average Bonchev–Trinajstić information content (AvgIpc) is 2.46. The lowest BCUT2D eigenvalue weighted by atomic mass is 10.2. The zero-order valence-corrected chi connectivity index (χ0v) is 8.25. The summed E-state index contributed by atoms with van der Waals surface area (Å²) in [5.41, 5.74) is 5.17. The van der Waals surface area contributed by atoms with Crippen LogP contribution in [0.25, 0.3) is 0 Å². The highest BCUT2D eigenvalue weighted by Gasteiger charge is 2.36. The molecule has 0 spiro atoms. The van der Waals surface area contributed by atoms with Gasteiger partial charge in [-0.2, -0.15) is 0 Å². The van der Waals surface area contributed by atoms with E-state index in [1.165, 1.54) is 4.90 Å². The molecule has 1 saturated heterocycles. The summed E-state index contributed by atoms with van der Waals surface area (Å²) >= 11 is 5.42. The maximum Gasteiger partial charge on any atom is 0.240 e. The predicted molar refractivity (Wildman–Crippen MR) is 49.2 cm³/mol. The molecule has 1 fully saturated rings. The topological polar surface area (TPSA) is 63.4 Å². The van der Waals surface area contributed by atoms with Gasteiger partial charge in [0.1, 0.15) is 11.9 Å². The Morgan fingerprint density at radius 2 is 2.15 bits per heavy atom. The van der Waals surface area contributed by atoms with Crippen LogP contribution in [-0.4, -0.2) is 34.7 Å². The van der Waals surface area contributed by atoms with E-state index < -0.39 is 11.9 Å². The van der Waals surface area contributed by atoms with Crippen LogP contribution in [0.3, 0.4) is 0 Å². The molecular formula is C8H13ClN2O2. The van der Waals surface area contributed by atoms with Gasteiger partial charge in [0, 0.05) is 6.04 Å². The number of alkyl halides is 1. The third kappa shape index (κ3) is 1.94. The van der Waals surface area contributed by atoms with Crippen molar-refractivity contribution in [3.05, 3.63) is 0 Å². The molecule has 0 radical (unpaired) electrons. The number of amides is 2. The van der Waals surface area contributed by atoms with E-state index in [0.29, 0.717) is 6.42 Å². The molecule has 5 heteroatoms. The van der Waals surface area contributed by atoms with Gasteiger partial charge in [0.15, 0.2) is 0 Å². The first-order valence-corrected chi connectivity index (χ1v) is 4.77. The first kappa shape index (κ1) is 10.3. The molecule has 1 heterocycles. The Kier molecular flexibility index (Phi) is 3.14. The molecule has 0 aromatic carbocycles. The zero-order valence-electron chi connectivity index (χ0n) is 7.50. The molecule has 1 rings (SSSR count). The van der Waals surface area contributed by atoms with Crippen LogP contribution in [0.4, 0.5) is 0 Å². The Morgan fingerprint density at radius 1 is 1.54 bits per heavy atom. The van der Waals surface area contributed by atoms with Crippen LogP contribution in [0.2, 0.25) is 0 Å².